The van der Waals surface area contributed by atoms with Gasteiger partial charge in [-0.2, -0.15) is 0 Å². The summed E-state index contributed by atoms with van der Waals surface area (Å²) in [6, 6.07) is 5.74. The third kappa shape index (κ3) is 4.11. The molecule has 0 aliphatic carbocycles. The number of alkyl halides is 1. The Hall–Kier alpha value is -2.87. The van der Waals surface area contributed by atoms with Crippen LogP contribution in [0.4, 0.5) is 5.69 Å². The van der Waals surface area contributed by atoms with Crippen LogP contribution >= 0.6 is 11.6 Å². The van der Waals surface area contributed by atoms with Gasteiger partial charge >= 0.3 is 11.9 Å². The summed E-state index contributed by atoms with van der Waals surface area (Å²) in [4.78, 5) is 35.7. The van der Waals surface area contributed by atoms with Crippen molar-refractivity contribution < 1.29 is 24.0 Å². The van der Waals surface area contributed by atoms with Gasteiger partial charge in [-0.15, -0.1) is 11.6 Å². The summed E-state index contributed by atoms with van der Waals surface area (Å²) in [5.41, 5.74) is 1.33. The summed E-state index contributed by atoms with van der Waals surface area (Å²) in [5.74, 6) is -2.27. The first kappa shape index (κ1) is 20.4. The number of carbonyl (C=O) groups excluding carboxylic acids is 2. The number of nitro groups is 1. The van der Waals surface area contributed by atoms with Crippen molar-refractivity contribution in [3.8, 4) is 0 Å². The monoisotopic (exact) mass is 394 g/mol. The van der Waals surface area contributed by atoms with E-state index in [-0.39, 0.29) is 29.3 Å². The first-order valence-corrected chi connectivity index (χ1v) is 8.65. The number of non-ortho nitro benzene ring substituents is 1. The Kier molecular flexibility index (Phi) is 6.57. The fourth-order valence-electron chi connectivity index (χ4n) is 2.98. The van der Waals surface area contributed by atoms with Crippen LogP contribution in [0.15, 0.2) is 46.8 Å². The largest absolute Gasteiger partial charge is 0.466 e. The Bertz CT molecular complexity index is 846. The molecule has 0 spiro atoms. The topological polar surface area (TPSA) is 108 Å². The molecule has 0 amide bonds. The van der Waals surface area contributed by atoms with Crippen molar-refractivity contribution in [1.29, 1.82) is 0 Å². The molecule has 0 saturated heterocycles. The average Bonchev–Trinajstić information content (AvgIpc) is 2.66. The van der Waals surface area contributed by atoms with Gasteiger partial charge in [0.2, 0.25) is 0 Å². The van der Waals surface area contributed by atoms with Crippen molar-refractivity contribution >= 4 is 29.2 Å². The molecule has 1 aliphatic heterocycles. The highest BCUT2D eigenvalue weighted by molar-refractivity contribution is 6.20. The van der Waals surface area contributed by atoms with E-state index in [0.717, 1.165) is 0 Å². The van der Waals surface area contributed by atoms with Gasteiger partial charge < -0.3 is 14.8 Å². The highest BCUT2D eigenvalue weighted by Crippen LogP contribution is 2.40. The molecule has 9 heteroatoms. The fraction of sp³-hybridized carbons (Fsp3) is 0.333. The van der Waals surface area contributed by atoms with Crippen molar-refractivity contribution in [2.45, 2.75) is 19.8 Å². The molecule has 0 unspecified atom stereocenters. The van der Waals surface area contributed by atoms with Crippen molar-refractivity contribution in [3.63, 3.8) is 0 Å². The minimum Gasteiger partial charge on any atom is -0.466 e. The second kappa shape index (κ2) is 8.68. The molecule has 1 aliphatic rings. The molecule has 2 rings (SSSR count). The summed E-state index contributed by atoms with van der Waals surface area (Å²) < 4.78 is 10.0. The zero-order chi connectivity index (χ0) is 20.1. The van der Waals surface area contributed by atoms with E-state index in [2.05, 4.69) is 5.32 Å². The summed E-state index contributed by atoms with van der Waals surface area (Å²) in [7, 11) is 1.22. The molecule has 1 heterocycles. The Labute approximate surface area is 160 Å². The Morgan fingerprint density at radius 2 is 2.00 bits per heavy atom. The molecular formula is C18H19ClN2O6. The lowest BCUT2D eigenvalue weighted by molar-refractivity contribution is -0.384. The van der Waals surface area contributed by atoms with E-state index in [9.17, 15) is 19.7 Å². The van der Waals surface area contributed by atoms with Crippen LogP contribution in [-0.4, -0.2) is 36.5 Å². The zero-order valence-electron chi connectivity index (χ0n) is 15.1. The predicted octanol–water partition coefficient (Wildman–Crippen LogP) is 2.78. The molecule has 144 valence electrons. The van der Waals surface area contributed by atoms with Crippen LogP contribution in [0.5, 0.6) is 0 Å². The number of nitrogens with zero attached hydrogens (tertiary/aromatic N) is 1. The van der Waals surface area contributed by atoms with Crippen LogP contribution in [0, 0.1) is 10.1 Å². The molecule has 1 N–H and O–H groups in total. The number of halogens is 1. The SMILES string of the molecule is CCOC(=O)C1=C(CCl)NC(C)=C(C(=O)OC)[C@H]1c1cccc([N+](=O)[O-])c1. The van der Waals surface area contributed by atoms with Crippen molar-refractivity contribution in [2.75, 3.05) is 19.6 Å². The second-order valence-electron chi connectivity index (χ2n) is 5.69. The number of carbonyl (C=O) groups is 2. The Morgan fingerprint density at radius 3 is 2.56 bits per heavy atom. The number of methoxy groups -OCH3 is 1. The molecule has 0 radical (unpaired) electrons. The maximum Gasteiger partial charge on any atom is 0.336 e. The number of hydrogen-bond acceptors (Lipinski definition) is 7. The normalized spacial score (nSPS) is 16.7. The maximum atomic E-state index is 12.6. The molecule has 8 nitrogen and oxygen atoms in total. The van der Waals surface area contributed by atoms with Crippen LogP contribution < -0.4 is 5.32 Å². The summed E-state index contributed by atoms with van der Waals surface area (Å²) in [6.07, 6.45) is 0. The molecule has 0 fully saturated rings. The fourth-order valence-corrected chi connectivity index (χ4v) is 3.19. The van der Waals surface area contributed by atoms with Crippen LogP contribution in [0.1, 0.15) is 25.3 Å². The number of allylic oxidation sites excluding steroid dienone is 2. The van der Waals surface area contributed by atoms with Gasteiger partial charge in [0.25, 0.3) is 5.69 Å². The first-order chi connectivity index (χ1) is 12.8. The molecule has 27 heavy (non-hydrogen) atoms. The van der Waals surface area contributed by atoms with E-state index in [0.29, 0.717) is 17.0 Å². The third-order valence-corrected chi connectivity index (χ3v) is 4.36. The number of hydrogen-bond donors (Lipinski definition) is 1. The standard InChI is InChI=1S/C18H19ClN2O6/c1-4-27-18(23)16-13(9-19)20-10(2)14(17(22)26-3)15(16)11-6-5-7-12(8-11)21(24)25/h5-8,15,20H,4,9H2,1-3H3/t15-/m1/s1. The van der Waals surface area contributed by atoms with Crippen molar-refractivity contribution in [3.05, 3.63) is 62.5 Å². The minimum absolute atomic E-state index is 0.0363. The number of esters is 2. The summed E-state index contributed by atoms with van der Waals surface area (Å²) >= 11 is 6.01. The second-order valence-corrected chi connectivity index (χ2v) is 5.95. The van der Waals surface area contributed by atoms with Crippen LogP contribution in [0.2, 0.25) is 0 Å². The van der Waals surface area contributed by atoms with E-state index in [1.807, 2.05) is 0 Å². The number of nitrogens with one attached hydrogen (secondary N) is 1. The van der Waals surface area contributed by atoms with Crippen LogP contribution in [0.25, 0.3) is 0 Å². The van der Waals surface area contributed by atoms with E-state index in [1.54, 1.807) is 19.9 Å². The van der Waals surface area contributed by atoms with E-state index < -0.39 is 22.8 Å². The molecule has 1 atom stereocenters. The average molecular weight is 395 g/mol. The number of ether oxygens (including phenoxy) is 2. The van der Waals surface area contributed by atoms with Gasteiger partial charge in [0.1, 0.15) is 0 Å². The van der Waals surface area contributed by atoms with Crippen LogP contribution in [0.3, 0.4) is 0 Å². The lowest BCUT2D eigenvalue weighted by Gasteiger charge is -2.30. The van der Waals surface area contributed by atoms with Crippen LogP contribution in [-0.2, 0) is 19.1 Å². The van der Waals surface area contributed by atoms with E-state index in [4.69, 9.17) is 21.1 Å². The minimum atomic E-state index is -0.911. The number of nitro benzene ring substituents is 1. The van der Waals surface area contributed by atoms with Gasteiger partial charge in [-0.3, -0.25) is 10.1 Å². The number of benzene rings is 1. The van der Waals surface area contributed by atoms with Gasteiger partial charge in [0.05, 0.1) is 41.6 Å². The first-order valence-electron chi connectivity index (χ1n) is 8.12. The smallest absolute Gasteiger partial charge is 0.336 e. The maximum absolute atomic E-state index is 12.6. The molecule has 0 saturated carbocycles. The third-order valence-electron chi connectivity index (χ3n) is 4.09. The van der Waals surface area contributed by atoms with Gasteiger partial charge in [0.15, 0.2) is 0 Å². The van der Waals surface area contributed by atoms with Gasteiger partial charge in [-0.1, -0.05) is 12.1 Å². The molecule has 1 aromatic rings. The zero-order valence-corrected chi connectivity index (χ0v) is 15.8. The van der Waals surface area contributed by atoms with Gasteiger partial charge in [-0.05, 0) is 19.4 Å². The predicted molar refractivity (Wildman–Crippen MR) is 98.1 cm³/mol. The van der Waals surface area contributed by atoms with E-state index in [1.165, 1.54) is 25.3 Å². The number of rotatable bonds is 6. The summed E-state index contributed by atoms with van der Waals surface area (Å²) in [6.45, 7) is 3.42. The molecular weight excluding hydrogens is 376 g/mol. The molecule has 0 aromatic heterocycles. The van der Waals surface area contributed by atoms with Crippen molar-refractivity contribution in [2.24, 2.45) is 0 Å². The van der Waals surface area contributed by atoms with Crippen molar-refractivity contribution in [1.82, 2.24) is 5.32 Å². The lowest BCUT2D eigenvalue weighted by Crippen LogP contribution is -2.33. The Balaban J connectivity index is 2.74. The highest BCUT2D eigenvalue weighted by atomic mass is 35.5. The number of dihydropyridines is 1. The molecule has 0 bridgehead atoms. The Morgan fingerprint density at radius 1 is 1.30 bits per heavy atom. The van der Waals surface area contributed by atoms with E-state index >= 15 is 0 Å². The van der Waals surface area contributed by atoms with Gasteiger partial charge in [-0.25, -0.2) is 9.59 Å². The van der Waals surface area contributed by atoms with Gasteiger partial charge in [0, 0.05) is 23.5 Å². The quantitative estimate of drug-likeness (QED) is 0.342. The molecule has 1 aromatic carbocycles. The summed E-state index contributed by atoms with van der Waals surface area (Å²) in [5, 5.41) is 14.1. The lowest BCUT2D eigenvalue weighted by atomic mass is 9.80. The highest BCUT2D eigenvalue weighted by Gasteiger charge is 2.39.